The van der Waals surface area contributed by atoms with Gasteiger partial charge in [-0.1, -0.05) is 12.1 Å². The Morgan fingerprint density at radius 3 is 2.74 bits per heavy atom. The average molecular weight is 280 g/mol. The van der Waals surface area contributed by atoms with Gasteiger partial charge < -0.3 is 10.5 Å². The van der Waals surface area contributed by atoms with E-state index in [-0.39, 0.29) is 17.6 Å². The molecule has 1 aromatic heterocycles. The van der Waals surface area contributed by atoms with Crippen molar-refractivity contribution < 1.29 is 9.13 Å². The standard InChI is InChI=1S/C14H17FN2OS/c1-8-14(19-9(2)17-8)11(16)7-10-5-4-6-12(18-3)13(10)15/h4-6,11H,7,16H2,1-3H3. The molecule has 1 heterocycles. The molecule has 2 N–H and O–H groups in total. The van der Waals surface area contributed by atoms with Gasteiger partial charge >= 0.3 is 0 Å². The fraction of sp³-hybridized carbons (Fsp3) is 0.357. The normalized spacial score (nSPS) is 12.5. The molecule has 0 radical (unpaired) electrons. The molecular weight excluding hydrogens is 263 g/mol. The molecule has 1 atom stereocenters. The summed E-state index contributed by atoms with van der Waals surface area (Å²) < 4.78 is 19.0. The van der Waals surface area contributed by atoms with Gasteiger partial charge in [-0.3, -0.25) is 0 Å². The lowest BCUT2D eigenvalue weighted by atomic mass is 10.0. The zero-order chi connectivity index (χ0) is 14.0. The maximum absolute atomic E-state index is 14.1. The summed E-state index contributed by atoms with van der Waals surface area (Å²) in [7, 11) is 1.46. The number of hydrogen-bond donors (Lipinski definition) is 1. The van der Waals surface area contributed by atoms with Crippen molar-refractivity contribution in [3.05, 3.63) is 45.2 Å². The third-order valence-electron chi connectivity index (χ3n) is 2.98. The van der Waals surface area contributed by atoms with Crippen molar-refractivity contribution in [1.29, 1.82) is 0 Å². The van der Waals surface area contributed by atoms with Crippen molar-refractivity contribution in [3.8, 4) is 5.75 Å². The molecule has 0 saturated carbocycles. The Hall–Kier alpha value is -1.46. The van der Waals surface area contributed by atoms with Crippen LogP contribution in [0, 0.1) is 19.7 Å². The molecule has 0 aliphatic rings. The molecule has 1 aromatic carbocycles. The summed E-state index contributed by atoms with van der Waals surface area (Å²) in [5.74, 6) is -0.0822. The summed E-state index contributed by atoms with van der Waals surface area (Å²) in [6.07, 6.45) is 0.436. The van der Waals surface area contributed by atoms with Crippen LogP contribution >= 0.6 is 11.3 Å². The highest BCUT2D eigenvalue weighted by Crippen LogP contribution is 2.28. The van der Waals surface area contributed by atoms with Crippen molar-refractivity contribution in [2.75, 3.05) is 7.11 Å². The molecular formula is C14H17FN2OS. The molecule has 102 valence electrons. The molecule has 0 spiro atoms. The van der Waals surface area contributed by atoms with E-state index in [1.807, 2.05) is 13.8 Å². The first kappa shape index (κ1) is 14.0. The molecule has 2 aromatic rings. The van der Waals surface area contributed by atoms with Crippen LogP contribution in [0.4, 0.5) is 4.39 Å². The van der Waals surface area contributed by atoms with Crippen LogP contribution < -0.4 is 10.5 Å². The number of thiazole rings is 1. The van der Waals surface area contributed by atoms with Crippen molar-refractivity contribution in [2.45, 2.75) is 26.3 Å². The SMILES string of the molecule is COc1cccc(CC(N)c2sc(C)nc2C)c1F. The van der Waals surface area contributed by atoms with Crippen LogP contribution in [0.5, 0.6) is 5.75 Å². The van der Waals surface area contributed by atoms with Gasteiger partial charge in [0.2, 0.25) is 0 Å². The van der Waals surface area contributed by atoms with Crippen LogP contribution in [0.25, 0.3) is 0 Å². The minimum atomic E-state index is -0.334. The molecule has 2 rings (SSSR count). The monoisotopic (exact) mass is 280 g/mol. The minimum absolute atomic E-state index is 0.243. The average Bonchev–Trinajstić information content (AvgIpc) is 2.71. The number of methoxy groups -OCH3 is 1. The van der Waals surface area contributed by atoms with Gasteiger partial charge in [0.15, 0.2) is 11.6 Å². The first-order valence-corrected chi connectivity index (χ1v) is 6.85. The van der Waals surface area contributed by atoms with Gasteiger partial charge in [-0.05, 0) is 31.9 Å². The van der Waals surface area contributed by atoms with Gasteiger partial charge in [-0.2, -0.15) is 0 Å². The lowest BCUT2D eigenvalue weighted by Gasteiger charge is -2.12. The number of ether oxygens (including phenoxy) is 1. The second kappa shape index (κ2) is 5.67. The Kier molecular flexibility index (Phi) is 4.17. The van der Waals surface area contributed by atoms with Crippen LogP contribution in [0.1, 0.15) is 27.2 Å². The summed E-state index contributed by atoms with van der Waals surface area (Å²) in [5.41, 5.74) is 7.66. The minimum Gasteiger partial charge on any atom is -0.494 e. The Bertz CT molecular complexity index is 583. The van der Waals surface area contributed by atoms with E-state index in [1.165, 1.54) is 7.11 Å². The van der Waals surface area contributed by atoms with Gasteiger partial charge in [-0.15, -0.1) is 11.3 Å². The Balaban J connectivity index is 2.24. The number of rotatable bonds is 4. The molecule has 5 heteroatoms. The van der Waals surface area contributed by atoms with E-state index in [2.05, 4.69) is 4.98 Å². The molecule has 0 bridgehead atoms. The van der Waals surface area contributed by atoms with Gasteiger partial charge in [0.25, 0.3) is 0 Å². The number of aromatic nitrogens is 1. The first-order chi connectivity index (χ1) is 9.02. The van der Waals surface area contributed by atoms with Crippen molar-refractivity contribution >= 4 is 11.3 Å². The summed E-state index contributed by atoms with van der Waals surface area (Å²) in [6, 6.07) is 4.87. The number of hydrogen-bond acceptors (Lipinski definition) is 4. The zero-order valence-electron chi connectivity index (χ0n) is 11.2. The molecule has 19 heavy (non-hydrogen) atoms. The number of benzene rings is 1. The van der Waals surface area contributed by atoms with Gasteiger partial charge in [-0.25, -0.2) is 9.37 Å². The highest BCUT2D eigenvalue weighted by Gasteiger charge is 2.17. The Morgan fingerprint density at radius 1 is 1.42 bits per heavy atom. The smallest absolute Gasteiger partial charge is 0.168 e. The highest BCUT2D eigenvalue weighted by atomic mass is 32.1. The summed E-state index contributed by atoms with van der Waals surface area (Å²) >= 11 is 1.57. The Labute approximate surface area is 116 Å². The highest BCUT2D eigenvalue weighted by molar-refractivity contribution is 7.11. The Morgan fingerprint density at radius 2 is 2.16 bits per heavy atom. The van der Waals surface area contributed by atoms with Crippen LogP contribution in [-0.4, -0.2) is 12.1 Å². The second-order valence-corrected chi connectivity index (χ2v) is 5.66. The van der Waals surface area contributed by atoms with Gasteiger partial charge in [0.05, 0.1) is 17.8 Å². The van der Waals surface area contributed by atoms with Crippen LogP contribution in [0.3, 0.4) is 0 Å². The predicted octanol–water partition coefficient (Wildman–Crippen LogP) is 3.15. The van der Waals surface area contributed by atoms with E-state index in [0.717, 1.165) is 15.6 Å². The van der Waals surface area contributed by atoms with E-state index < -0.39 is 0 Å². The van der Waals surface area contributed by atoms with Crippen LogP contribution in [0.15, 0.2) is 18.2 Å². The van der Waals surface area contributed by atoms with Crippen molar-refractivity contribution in [1.82, 2.24) is 4.98 Å². The van der Waals surface area contributed by atoms with E-state index in [9.17, 15) is 4.39 Å². The summed E-state index contributed by atoms with van der Waals surface area (Å²) in [6.45, 7) is 3.88. The third-order valence-corrected chi connectivity index (χ3v) is 4.18. The molecule has 0 amide bonds. The second-order valence-electron chi connectivity index (χ2n) is 4.43. The maximum Gasteiger partial charge on any atom is 0.168 e. The van der Waals surface area contributed by atoms with Crippen LogP contribution in [0.2, 0.25) is 0 Å². The molecule has 0 saturated heterocycles. The number of nitrogens with two attached hydrogens (primary N) is 1. The van der Waals surface area contributed by atoms with Gasteiger partial charge in [0, 0.05) is 10.9 Å². The van der Waals surface area contributed by atoms with Crippen molar-refractivity contribution in [2.24, 2.45) is 5.73 Å². The fourth-order valence-corrected chi connectivity index (χ4v) is 3.02. The van der Waals surface area contributed by atoms with Crippen LogP contribution in [-0.2, 0) is 6.42 Å². The number of nitrogens with zero attached hydrogens (tertiary/aromatic N) is 1. The topological polar surface area (TPSA) is 48.1 Å². The fourth-order valence-electron chi connectivity index (χ4n) is 2.09. The molecule has 3 nitrogen and oxygen atoms in total. The number of aryl methyl sites for hydroxylation is 2. The van der Waals surface area contributed by atoms with E-state index >= 15 is 0 Å². The number of halogens is 1. The largest absolute Gasteiger partial charge is 0.494 e. The quantitative estimate of drug-likeness (QED) is 0.936. The lowest BCUT2D eigenvalue weighted by Crippen LogP contribution is -2.14. The summed E-state index contributed by atoms with van der Waals surface area (Å²) in [5, 5.41) is 0.981. The summed E-state index contributed by atoms with van der Waals surface area (Å²) in [4.78, 5) is 5.36. The van der Waals surface area contributed by atoms with E-state index in [0.29, 0.717) is 12.0 Å². The van der Waals surface area contributed by atoms with E-state index in [4.69, 9.17) is 10.5 Å². The maximum atomic E-state index is 14.1. The van der Waals surface area contributed by atoms with Gasteiger partial charge in [0.1, 0.15) is 0 Å². The molecule has 1 unspecified atom stereocenters. The molecule has 0 aliphatic carbocycles. The third kappa shape index (κ3) is 2.93. The lowest BCUT2D eigenvalue weighted by molar-refractivity contribution is 0.383. The van der Waals surface area contributed by atoms with Crippen molar-refractivity contribution in [3.63, 3.8) is 0 Å². The van der Waals surface area contributed by atoms with E-state index in [1.54, 1.807) is 29.5 Å². The molecule has 0 aliphatic heterocycles. The first-order valence-electron chi connectivity index (χ1n) is 6.03. The zero-order valence-corrected chi connectivity index (χ0v) is 12.1. The predicted molar refractivity (Wildman–Crippen MR) is 75.2 cm³/mol. The molecule has 0 fully saturated rings.